The average Bonchev–Trinajstić information content (AvgIpc) is 2.69. The summed E-state index contributed by atoms with van der Waals surface area (Å²) in [6, 6.07) is 14.3. The van der Waals surface area contributed by atoms with Gasteiger partial charge in [0.05, 0.1) is 12.8 Å². The quantitative estimate of drug-likeness (QED) is 0.541. The summed E-state index contributed by atoms with van der Waals surface area (Å²) in [5.74, 6) is -0.758. The molecule has 0 bridgehead atoms. The van der Waals surface area contributed by atoms with E-state index in [9.17, 15) is 9.59 Å². The number of nitrogens with zero attached hydrogens (tertiary/aromatic N) is 2. The Bertz CT molecular complexity index is 785. The number of hydrogen-bond acceptors (Lipinski definition) is 4. The third-order valence-electron chi connectivity index (χ3n) is 3.94. The number of anilines is 1. The van der Waals surface area contributed by atoms with Gasteiger partial charge in [0.2, 0.25) is 0 Å². The summed E-state index contributed by atoms with van der Waals surface area (Å²) in [7, 11) is 0. The minimum absolute atomic E-state index is 0.167. The zero-order chi connectivity index (χ0) is 19.6. The first-order valence-electron chi connectivity index (χ1n) is 8.74. The van der Waals surface area contributed by atoms with Gasteiger partial charge < -0.3 is 10.2 Å². The average molecular weight is 387 g/mol. The molecule has 2 amide bonds. The third-order valence-corrected chi connectivity index (χ3v) is 4.19. The van der Waals surface area contributed by atoms with Crippen LogP contribution in [-0.2, 0) is 4.79 Å². The number of nitrogens with one attached hydrogen (secondary N) is 2. The molecule has 0 atom stereocenters. The molecule has 2 aromatic carbocycles. The Hall–Kier alpha value is -2.86. The van der Waals surface area contributed by atoms with Crippen LogP contribution in [-0.4, -0.2) is 37.7 Å². The van der Waals surface area contributed by atoms with E-state index < -0.39 is 5.91 Å². The predicted molar refractivity (Wildman–Crippen MR) is 110 cm³/mol. The summed E-state index contributed by atoms with van der Waals surface area (Å²) in [6.45, 7) is 5.95. The molecule has 0 aliphatic carbocycles. The van der Waals surface area contributed by atoms with Crippen molar-refractivity contribution in [2.24, 2.45) is 5.10 Å². The first kappa shape index (κ1) is 20.5. The molecule has 0 spiro atoms. The van der Waals surface area contributed by atoms with Crippen molar-refractivity contribution in [1.82, 2.24) is 10.7 Å². The molecule has 142 valence electrons. The van der Waals surface area contributed by atoms with Crippen molar-refractivity contribution in [2.75, 3.05) is 24.5 Å². The molecule has 2 rings (SSSR count). The van der Waals surface area contributed by atoms with Crippen molar-refractivity contribution in [3.8, 4) is 0 Å². The number of carbonyl (C=O) groups is 2. The molecule has 0 radical (unpaired) electrons. The van der Waals surface area contributed by atoms with Crippen LogP contribution in [0.15, 0.2) is 53.6 Å². The molecule has 0 saturated carbocycles. The lowest BCUT2D eigenvalue weighted by Gasteiger charge is -2.20. The van der Waals surface area contributed by atoms with Gasteiger partial charge in [-0.2, -0.15) is 5.10 Å². The van der Waals surface area contributed by atoms with Crippen LogP contribution in [0.4, 0.5) is 5.69 Å². The molecule has 2 aromatic rings. The lowest BCUT2D eigenvalue weighted by molar-refractivity contribution is -0.120. The maximum Gasteiger partial charge on any atom is 0.259 e. The third kappa shape index (κ3) is 6.42. The van der Waals surface area contributed by atoms with E-state index in [4.69, 9.17) is 11.6 Å². The molecule has 0 unspecified atom stereocenters. The van der Waals surface area contributed by atoms with E-state index in [1.165, 1.54) is 0 Å². The van der Waals surface area contributed by atoms with Crippen LogP contribution in [0.3, 0.4) is 0 Å². The van der Waals surface area contributed by atoms with Crippen molar-refractivity contribution < 1.29 is 9.59 Å². The lowest BCUT2D eigenvalue weighted by atomic mass is 10.2. The van der Waals surface area contributed by atoms with Crippen molar-refractivity contribution in [2.45, 2.75) is 13.8 Å². The number of amides is 2. The van der Waals surface area contributed by atoms with Gasteiger partial charge in [0.25, 0.3) is 11.8 Å². The Morgan fingerprint density at radius 2 is 1.67 bits per heavy atom. The Kier molecular flexibility index (Phi) is 7.82. The van der Waals surface area contributed by atoms with Crippen LogP contribution < -0.4 is 15.6 Å². The van der Waals surface area contributed by atoms with Crippen LogP contribution in [0.5, 0.6) is 0 Å². The highest BCUT2D eigenvalue weighted by Gasteiger charge is 2.07. The van der Waals surface area contributed by atoms with E-state index in [2.05, 4.69) is 34.6 Å². The van der Waals surface area contributed by atoms with Crippen LogP contribution in [0, 0.1) is 0 Å². The molecule has 0 aliphatic rings. The Labute approximate surface area is 164 Å². The summed E-state index contributed by atoms with van der Waals surface area (Å²) in [5, 5.41) is 6.98. The highest BCUT2D eigenvalue weighted by atomic mass is 35.5. The molecule has 0 fully saturated rings. The van der Waals surface area contributed by atoms with Gasteiger partial charge in [-0.05, 0) is 55.8 Å². The zero-order valence-electron chi connectivity index (χ0n) is 15.4. The number of carbonyl (C=O) groups excluding carboxylic acids is 2. The van der Waals surface area contributed by atoms with Crippen LogP contribution >= 0.6 is 11.6 Å². The van der Waals surface area contributed by atoms with Gasteiger partial charge >= 0.3 is 0 Å². The first-order valence-corrected chi connectivity index (χ1v) is 9.12. The second-order valence-electron chi connectivity index (χ2n) is 5.75. The molecule has 0 saturated heterocycles. The zero-order valence-corrected chi connectivity index (χ0v) is 16.2. The normalized spacial score (nSPS) is 10.6. The van der Waals surface area contributed by atoms with Crippen molar-refractivity contribution in [3.63, 3.8) is 0 Å². The summed E-state index contributed by atoms with van der Waals surface area (Å²) in [5.41, 5.74) is 4.84. The maximum absolute atomic E-state index is 11.9. The second-order valence-corrected chi connectivity index (χ2v) is 6.18. The van der Waals surface area contributed by atoms with Gasteiger partial charge in [-0.25, -0.2) is 5.43 Å². The Morgan fingerprint density at radius 3 is 2.26 bits per heavy atom. The van der Waals surface area contributed by atoms with Gasteiger partial charge in [0, 0.05) is 29.4 Å². The number of benzene rings is 2. The molecule has 27 heavy (non-hydrogen) atoms. The van der Waals surface area contributed by atoms with Crippen LogP contribution in [0.1, 0.15) is 29.8 Å². The fourth-order valence-electron chi connectivity index (χ4n) is 2.44. The summed E-state index contributed by atoms with van der Waals surface area (Å²) >= 11 is 5.78. The van der Waals surface area contributed by atoms with Gasteiger partial charge in [-0.1, -0.05) is 23.7 Å². The minimum Gasteiger partial charge on any atom is -0.372 e. The first-order chi connectivity index (χ1) is 13.0. The van der Waals surface area contributed by atoms with E-state index in [1.807, 2.05) is 24.3 Å². The number of halogens is 1. The SMILES string of the molecule is CCN(CC)c1ccc(/C=N/NC(=O)CNC(=O)c2ccc(Cl)cc2)cc1. The largest absolute Gasteiger partial charge is 0.372 e. The molecular weight excluding hydrogens is 364 g/mol. The fourth-order valence-corrected chi connectivity index (χ4v) is 2.57. The van der Waals surface area contributed by atoms with Gasteiger partial charge in [-0.3, -0.25) is 9.59 Å². The standard InChI is InChI=1S/C20H23ClN4O2/c1-3-25(4-2)18-11-5-15(6-12-18)13-23-24-19(26)14-22-20(27)16-7-9-17(21)10-8-16/h5-13H,3-4,14H2,1-2H3,(H,22,27)(H,24,26)/b23-13+. The van der Waals surface area contributed by atoms with Crippen molar-refractivity contribution >= 4 is 35.3 Å². The molecule has 0 aliphatic heterocycles. The number of hydrogen-bond donors (Lipinski definition) is 2. The van der Waals surface area contributed by atoms with E-state index >= 15 is 0 Å². The second kappa shape index (κ2) is 10.3. The van der Waals surface area contributed by atoms with E-state index in [0.717, 1.165) is 24.3 Å². The number of hydrazone groups is 1. The fraction of sp³-hybridized carbons (Fsp3) is 0.250. The Morgan fingerprint density at radius 1 is 1.04 bits per heavy atom. The lowest BCUT2D eigenvalue weighted by Crippen LogP contribution is -2.34. The predicted octanol–water partition coefficient (Wildman–Crippen LogP) is 3.07. The van der Waals surface area contributed by atoms with Gasteiger partial charge in [0.15, 0.2) is 0 Å². The molecule has 7 heteroatoms. The van der Waals surface area contributed by atoms with Gasteiger partial charge in [-0.15, -0.1) is 0 Å². The minimum atomic E-state index is -0.409. The smallest absolute Gasteiger partial charge is 0.259 e. The highest BCUT2D eigenvalue weighted by Crippen LogP contribution is 2.14. The van der Waals surface area contributed by atoms with Crippen LogP contribution in [0.25, 0.3) is 0 Å². The summed E-state index contributed by atoms with van der Waals surface area (Å²) in [4.78, 5) is 25.9. The maximum atomic E-state index is 11.9. The molecule has 0 aromatic heterocycles. The van der Waals surface area contributed by atoms with E-state index in [0.29, 0.717) is 10.6 Å². The summed E-state index contributed by atoms with van der Waals surface area (Å²) < 4.78 is 0. The molecule has 0 heterocycles. The summed E-state index contributed by atoms with van der Waals surface area (Å²) in [6.07, 6.45) is 1.56. The molecule has 2 N–H and O–H groups in total. The van der Waals surface area contributed by atoms with E-state index in [1.54, 1.807) is 30.5 Å². The highest BCUT2D eigenvalue weighted by molar-refractivity contribution is 6.30. The van der Waals surface area contributed by atoms with Gasteiger partial charge in [0.1, 0.15) is 0 Å². The van der Waals surface area contributed by atoms with E-state index in [-0.39, 0.29) is 12.5 Å². The topological polar surface area (TPSA) is 73.8 Å². The van der Waals surface area contributed by atoms with Crippen molar-refractivity contribution in [3.05, 3.63) is 64.7 Å². The Balaban J connectivity index is 1.79. The molecular formula is C20H23ClN4O2. The van der Waals surface area contributed by atoms with Crippen LogP contribution in [0.2, 0.25) is 5.02 Å². The number of rotatable bonds is 8. The van der Waals surface area contributed by atoms with Crippen molar-refractivity contribution in [1.29, 1.82) is 0 Å². The monoisotopic (exact) mass is 386 g/mol. The molecule has 6 nitrogen and oxygen atoms in total.